The van der Waals surface area contributed by atoms with E-state index in [1.54, 1.807) is 12.5 Å². The van der Waals surface area contributed by atoms with Crippen molar-refractivity contribution < 1.29 is 0 Å². The molecule has 2 aromatic rings. The first kappa shape index (κ1) is 13.7. The van der Waals surface area contributed by atoms with E-state index in [4.69, 9.17) is 0 Å². The summed E-state index contributed by atoms with van der Waals surface area (Å²) >= 11 is 0. The predicted molar refractivity (Wildman–Crippen MR) is 77.6 cm³/mol. The highest BCUT2D eigenvalue weighted by atomic mass is 14.9. The lowest BCUT2D eigenvalue weighted by molar-refractivity contribution is 0.646. The summed E-state index contributed by atoms with van der Waals surface area (Å²) in [5.41, 5.74) is 3.74. The Labute approximate surface area is 115 Å². The van der Waals surface area contributed by atoms with Crippen LogP contribution < -0.4 is 5.32 Å². The molecule has 1 N–H and O–H groups in total. The van der Waals surface area contributed by atoms with Crippen LogP contribution in [0, 0.1) is 5.92 Å². The molecule has 0 spiro atoms. The van der Waals surface area contributed by atoms with E-state index in [2.05, 4.69) is 53.4 Å². The molecule has 2 rings (SSSR count). The Bertz CT molecular complexity index is 477. The summed E-state index contributed by atoms with van der Waals surface area (Å²) in [6, 6.07) is 10.8. The summed E-state index contributed by atoms with van der Waals surface area (Å²) in [5, 5.41) is 3.39. The zero-order valence-electron chi connectivity index (χ0n) is 11.6. The Morgan fingerprint density at radius 2 is 1.74 bits per heavy atom. The van der Waals surface area contributed by atoms with E-state index in [1.807, 2.05) is 6.07 Å². The predicted octanol–water partition coefficient (Wildman–Crippen LogP) is 2.96. The fourth-order valence-electron chi connectivity index (χ4n) is 2.02. The number of hydrogen-bond donors (Lipinski definition) is 1. The van der Waals surface area contributed by atoms with Crippen molar-refractivity contribution in [2.75, 3.05) is 0 Å². The van der Waals surface area contributed by atoms with Gasteiger partial charge in [-0.15, -0.1) is 0 Å². The lowest BCUT2D eigenvalue weighted by atomic mass is 10.0. The summed E-state index contributed by atoms with van der Waals surface area (Å²) in [7, 11) is 0. The molecular weight excluding hydrogens is 234 g/mol. The first-order valence-electron chi connectivity index (χ1n) is 6.77. The summed E-state index contributed by atoms with van der Waals surface area (Å²) in [4.78, 5) is 8.09. The average molecular weight is 255 g/mol. The second-order valence-corrected chi connectivity index (χ2v) is 5.22. The molecule has 0 aliphatic rings. The quantitative estimate of drug-likeness (QED) is 0.862. The van der Waals surface area contributed by atoms with Gasteiger partial charge in [0.15, 0.2) is 0 Å². The van der Waals surface area contributed by atoms with Gasteiger partial charge in [0.2, 0.25) is 0 Å². The Morgan fingerprint density at radius 1 is 1.00 bits per heavy atom. The molecule has 0 atom stereocenters. The monoisotopic (exact) mass is 255 g/mol. The van der Waals surface area contributed by atoms with Gasteiger partial charge in [0.1, 0.15) is 6.33 Å². The molecule has 0 bridgehead atoms. The highest BCUT2D eigenvalue weighted by Gasteiger charge is 1.99. The van der Waals surface area contributed by atoms with Crippen LogP contribution in [0.25, 0.3) is 0 Å². The molecule has 0 saturated carbocycles. The van der Waals surface area contributed by atoms with Crippen molar-refractivity contribution in [2.24, 2.45) is 5.92 Å². The smallest absolute Gasteiger partial charge is 0.115 e. The molecule has 0 amide bonds. The van der Waals surface area contributed by atoms with Gasteiger partial charge >= 0.3 is 0 Å². The second-order valence-electron chi connectivity index (χ2n) is 5.22. The van der Waals surface area contributed by atoms with Gasteiger partial charge < -0.3 is 5.32 Å². The topological polar surface area (TPSA) is 37.8 Å². The summed E-state index contributed by atoms with van der Waals surface area (Å²) in [6.45, 7) is 6.14. The SMILES string of the molecule is CC(C)Cc1ccc(CNCc2ccncn2)cc1. The second kappa shape index (κ2) is 7.00. The third kappa shape index (κ3) is 4.79. The Morgan fingerprint density at radius 3 is 2.37 bits per heavy atom. The van der Waals surface area contributed by atoms with Gasteiger partial charge in [-0.3, -0.25) is 0 Å². The molecule has 0 radical (unpaired) electrons. The van der Waals surface area contributed by atoms with E-state index in [0.717, 1.165) is 25.2 Å². The minimum absolute atomic E-state index is 0.710. The maximum atomic E-state index is 4.18. The van der Waals surface area contributed by atoms with Crippen LogP contribution in [0.1, 0.15) is 30.7 Å². The van der Waals surface area contributed by atoms with E-state index in [1.165, 1.54) is 11.1 Å². The van der Waals surface area contributed by atoms with Gasteiger partial charge in [-0.2, -0.15) is 0 Å². The third-order valence-corrected chi connectivity index (χ3v) is 2.95. The zero-order chi connectivity index (χ0) is 13.5. The number of aromatic nitrogens is 2. The number of nitrogens with zero attached hydrogens (tertiary/aromatic N) is 2. The summed E-state index contributed by atoms with van der Waals surface area (Å²) in [6.07, 6.45) is 4.50. The van der Waals surface area contributed by atoms with Gasteiger partial charge in [0.25, 0.3) is 0 Å². The lowest BCUT2D eigenvalue weighted by Crippen LogP contribution is -2.13. The van der Waals surface area contributed by atoms with E-state index < -0.39 is 0 Å². The van der Waals surface area contributed by atoms with Crippen LogP contribution in [0.3, 0.4) is 0 Å². The van der Waals surface area contributed by atoms with Crippen LogP contribution in [0.5, 0.6) is 0 Å². The summed E-state index contributed by atoms with van der Waals surface area (Å²) in [5.74, 6) is 0.710. The molecular formula is C16H21N3. The molecule has 19 heavy (non-hydrogen) atoms. The standard InChI is InChI=1S/C16H21N3/c1-13(2)9-14-3-5-15(6-4-14)10-18-11-16-7-8-17-12-19-16/h3-8,12-13,18H,9-11H2,1-2H3. The molecule has 3 nitrogen and oxygen atoms in total. The van der Waals surface area contributed by atoms with Gasteiger partial charge in [0, 0.05) is 19.3 Å². The van der Waals surface area contributed by atoms with E-state index >= 15 is 0 Å². The maximum Gasteiger partial charge on any atom is 0.115 e. The zero-order valence-corrected chi connectivity index (χ0v) is 11.6. The number of rotatable bonds is 6. The van der Waals surface area contributed by atoms with Crippen LogP contribution >= 0.6 is 0 Å². The number of benzene rings is 1. The lowest BCUT2D eigenvalue weighted by Gasteiger charge is -2.07. The molecule has 0 unspecified atom stereocenters. The molecule has 0 fully saturated rings. The molecule has 1 heterocycles. The van der Waals surface area contributed by atoms with Gasteiger partial charge in [-0.1, -0.05) is 38.1 Å². The highest BCUT2D eigenvalue weighted by molar-refractivity contribution is 5.22. The Kier molecular flexibility index (Phi) is 5.04. The molecule has 1 aromatic carbocycles. The third-order valence-electron chi connectivity index (χ3n) is 2.95. The van der Waals surface area contributed by atoms with Crippen molar-refractivity contribution in [3.05, 3.63) is 59.7 Å². The summed E-state index contributed by atoms with van der Waals surface area (Å²) < 4.78 is 0. The largest absolute Gasteiger partial charge is 0.307 e. The normalized spacial score (nSPS) is 10.9. The van der Waals surface area contributed by atoms with Crippen molar-refractivity contribution >= 4 is 0 Å². The minimum Gasteiger partial charge on any atom is -0.307 e. The molecule has 0 saturated heterocycles. The maximum absolute atomic E-state index is 4.18. The van der Waals surface area contributed by atoms with E-state index in [-0.39, 0.29) is 0 Å². The molecule has 3 heteroatoms. The molecule has 100 valence electrons. The first-order valence-corrected chi connectivity index (χ1v) is 6.77. The van der Waals surface area contributed by atoms with Crippen LogP contribution in [-0.2, 0) is 19.5 Å². The fraction of sp³-hybridized carbons (Fsp3) is 0.375. The molecule has 0 aliphatic heterocycles. The fourth-order valence-corrected chi connectivity index (χ4v) is 2.02. The molecule has 0 aliphatic carbocycles. The minimum atomic E-state index is 0.710. The van der Waals surface area contributed by atoms with Crippen molar-refractivity contribution in [3.63, 3.8) is 0 Å². The van der Waals surface area contributed by atoms with Crippen LogP contribution in [-0.4, -0.2) is 9.97 Å². The molecule has 1 aromatic heterocycles. The van der Waals surface area contributed by atoms with Crippen molar-refractivity contribution in [1.82, 2.24) is 15.3 Å². The van der Waals surface area contributed by atoms with Crippen molar-refractivity contribution in [3.8, 4) is 0 Å². The Hall–Kier alpha value is -1.74. The van der Waals surface area contributed by atoms with Crippen LogP contribution in [0.2, 0.25) is 0 Å². The van der Waals surface area contributed by atoms with Gasteiger partial charge in [-0.05, 0) is 29.5 Å². The van der Waals surface area contributed by atoms with Gasteiger partial charge in [-0.25, -0.2) is 9.97 Å². The van der Waals surface area contributed by atoms with E-state index in [0.29, 0.717) is 5.92 Å². The van der Waals surface area contributed by atoms with Crippen LogP contribution in [0.4, 0.5) is 0 Å². The van der Waals surface area contributed by atoms with E-state index in [9.17, 15) is 0 Å². The average Bonchev–Trinajstić information content (AvgIpc) is 2.41. The highest BCUT2D eigenvalue weighted by Crippen LogP contribution is 2.09. The van der Waals surface area contributed by atoms with Gasteiger partial charge in [0.05, 0.1) is 5.69 Å². The van der Waals surface area contributed by atoms with Crippen molar-refractivity contribution in [2.45, 2.75) is 33.4 Å². The number of nitrogens with one attached hydrogen (secondary N) is 1. The van der Waals surface area contributed by atoms with Crippen molar-refractivity contribution in [1.29, 1.82) is 0 Å². The van der Waals surface area contributed by atoms with Crippen LogP contribution in [0.15, 0.2) is 42.9 Å². The number of hydrogen-bond acceptors (Lipinski definition) is 3. The first-order chi connectivity index (χ1) is 9.24. The Balaban J connectivity index is 1.80.